The molecule has 1 aliphatic rings. The Hall–Kier alpha value is -3.52. The Morgan fingerprint density at radius 2 is 2.03 bits per heavy atom. The number of piperidine rings is 1. The molecular weight excluding hydrogens is 428 g/mol. The maximum absolute atomic E-state index is 12.8. The number of carbonyl (C=O) groups excluding carboxylic acids is 1. The van der Waals surface area contributed by atoms with E-state index in [0.29, 0.717) is 35.4 Å². The molecule has 9 heteroatoms. The first kappa shape index (κ1) is 20.4. The third-order valence-electron chi connectivity index (χ3n) is 5.56. The van der Waals surface area contributed by atoms with Crippen LogP contribution in [0.5, 0.6) is 0 Å². The van der Waals surface area contributed by atoms with Crippen molar-refractivity contribution >= 4 is 17.5 Å². The van der Waals surface area contributed by atoms with E-state index >= 15 is 0 Å². The SMILES string of the molecule is O=C(Cc1cccc(Cl)c1)N1CCCC(n2cc(-c3nc(-c4ccccc4)no3)nn2)C1. The summed E-state index contributed by atoms with van der Waals surface area (Å²) in [4.78, 5) is 19.1. The van der Waals surface area contributed by atoms with Gasteiger partial charge >= 0.3 is 0 Å². The zero-order chi connectivity index (χ0) is 21.9. The fraction of sp³-hybridized carbons (Fsp3) is 0.261. The summed E-state index contributed by atoms with van der Waals surface area (Å²) in [5.41, 5.74) is 2.30. The molecule has 1 unspecified atom stereocenters. The smallest absolute Gasteiger partial charge is 0.280 e. The van der Waals surface area contributed by atoms with Gasteiger partial charge in [0.1, 0.15) is 0 Å². The van der Waals surface area contributed by atoms with Gasteiger partial charge in [0, 0.05) is 23.7 Å². The lowest BCUT2D eigenvalue weighted by Crippen LogP contribution is -2.41. The summed E-state index contributed by atoms with van der Waals surface area (Å²) in [5.74, 6) is 0.909. The maximum atomic E-state index is 12.8. The third-order valence-corrected chi connectivity index (χ3v) is 5.79. The number of rotatable bonds is 5. The van der Waals surface area contributed by atoms with Crippen molar-refractivity contribution in [2.45, 2.75) is 25.3 Å². The minimum Gasteiger partial charge on any atom is -0.340 e. The molecule has 1 aliphatic heterocycles. The molecule has 1 saturated heterocycles. The van der Waals surface area contributed by atoms with Gasteiger partial charge in [-0.25, -0.2) is 4.68 Å². The van der Waals surface area contributed by atoms with E-state index in [1.165, 1.54) is 0 Å². The van der Waals surface area contributed by atoms with Crippen molar-refractivity contribution in [1.82, 2.24) is 30.0 Å². The van der Waals surface area contributed by atoms with Crippen LogP contribution in [0.3, 0.4) is 0 Å². The topological polar surface area (TPSA) is 89.9 Å². The molecule has 4 aromatic rings. The molecule has 1 amide bonds. The number of benzene rings is 2. The lowest BCUT2D eigenvalue weighted by Gasteiger charge is -2.32. The Labute approximate surface area is 189 Å². The second-order valence-corrected chi connectivity index (χ2v) is 8.25. The van der Waals surface area contributed by atoms with Gasteiger partial charge in [0.15, 0.2) is 5.69 Å². The number of halogens is 1. The van der Waals surface area contributed by atoms with Crippen LogP contribution in [0, 0.1) is 0 Å². The van der Waals surface area contributed by atoms with E-state index in [4.69, 9.17) is 16.1 Å². The van der Waals surface area contributed by atoms with Gasteiger partial charge in [-0.1, -0.05) is 64.4 Å². The minimum absolute atomic E-state index is 0.0461. The van der Waals surface area contributed by atoms with Crippen LogP contribution in [0.25, 0.3) is 23.0 Å². The summed E-state index contributed by atoms with van der Waals surface area (Å²) in [7, 11) is 0. The van der Waals surface area contributed by atoms with Gasteiger partial charge in [-0.05, 0) is 30.5 Å². The Morgan fingerprint density at radius 1 is 1.16 bits per heavy atom. The van der Waals surface area contributed by atoms with Gasteiger partial charge in [-0.15, -0.1) is 5.10 Å². The number of hydrogen-bond acceptors (Lipinski definition) is 6. The van der Waals surface area contributed by atoms with Crippen LogP contribution >= 0.6 is 11.6 Å². The summed E-state index contributed by atoms with van der Waals surface area (Å²) in [6.45, 7) is 1.32. The number of aromatic nitrogens is 5. The fourth-order valence-corrected chi connectivity index (χ4v) is 4.13. The maximum Gasteiger partial charge on any atom is 0.280 e. The molecule has 0 saturated carbocycles. The van der Waals surface area contributed by atoms with E-state index < -0.39 is 0 Å². The van der Waals surface area contributed by atoms with Crippen molar-refractivity contribution in [3.05, 3.63) is 71.4 Å². The van der Waals surface area contributed by atoms with E-state index in [0.717, 1.165) is 30.5 Å². The summed E-state index contributed by atoms with van der Waals surface area (Å²) >= 11 is 6.05. The summed E-state index contributed by atoms with van der Waals surface area (Å²) in [5, 5.41) is 13.2. The first-order valence-electron chi connectivity index (χ1n) is 10.5. The Morgan fingerprint density at radius 3 is 2.88 bits per heavy atom. The van der Waals surface area contributed by atoms with E-state index in [1.807, 2.05) is 53.4 Å². The molecule has 0 N–H and O–H groups in total. The highest BCUT2D eigenvalue weighted by Crippen LogP contribution is 2.25. The Balaban J connectivity index is 1.27. The zero-order valence-electron chi connectivity index (χ0n) is 17.3. The molecular formula is C23H21ClN6O2. The molecule has 2 aromatic heterocycles. The van der Waals surface area contributed by atoms with Crippen molar-refractivity contribution in [3.8, 4) is 23.0 Å². The van der Waals surface area contributed by atoms with Crippen molar-refractivity contribution in [3.63, 3.8) is 0 Å². The van der Waals surface area contributed by atoms with Crippen molar-refractivity contribution in [2.75, 3.05) is 13.1 Å². The average molecular weight is 449 g/mol. The molecule has 1 atom stereocenters. The predicted octanol–water partition coefficient (Wildman–Crippen LogP) is 4.05. The van der Waals surface area contributed by atoms with Crippen molar-refractivity contribution in [2.24, 2.45) is 0 Å². The summed E-state index contributed by atoms with van der Waals surface area (Å²) in [6, 6.07) is 17.1. The zero-order valence-corrected chi connectivity index (χ0v) is 18.0. The number of carbonyl (C=O) groups is 1. The summed E-state index contributed by atoms with van der Waals surface area (Å²) < 4.78 is 7.18. The van der Waals surface area contributed by atoms with Gasteiger partial charge in [0.2, 0.25) is 11.7 Å². The second kappa shape index (κ2) is 8.92. The quantitative estimate of drug-likeness (QED) is 0.457. The highest BCUT2D eigenvalue weighted by molar-refractivity contribution is 6.30. The molecule has 0 spiro atoms. The van der Waals surface area contributed by atoms with E-state index in [1.54, 1.807) is 16.9 Å². The van der Waals surface area contributed by atoms with E-state index in [9.17, 15) is 4.79 Å². The lowest BCUT2D eigenvalue weighted by atomic mass is 10.0. The number of nitrogens with zero attached hydrogens (tertiary/aromatic N) is 6. The number of amides is 1. The fourth-order valence-electron chi connectivity index (χ4n) is 3.92. The monoisotopic (exact) mass is 448 g/mol. The van der Waals surface area contributed by atoms with Crippen molar-refractivity contribution < 1.29 is 9.32 Å². The van der Waals surface area contributed by atoms with Crippen LogP contribution in [-0.2, 0) is 11.2 Å². The lowest BCUT2D eigenvalue weighted by molar-refractivity contribution is -0.132. The highest BCUT2D eigenvalue weighted by Gasteiger charge is 2.26. The van der Waals surface area contributed by atoms with Gasteiger partial charge in [0.05, 0.1) is 18.7 Å². The largest absolute Gasteiger partial charge is 0.340 e. The molecule has 5 rings (SSSR count). The molecule has 3 heterocycles. The molecule has 2 aromatic carbocycles. The Kier molecular flexibility index (Phi) is 5.68. The van der Waals surface area contributed by atoms with Crippen LogP contribution in [0.2, 0.25) is 5.02 Å². The third kappa shape index (κ3) is 4.40. The van der Waals surface area contributed by atoms with Crippen LogP contribution in [-0.4, -0.2) is 49.0 Å². The van der Waals surface area contributed by atoms with E-state index in [-0.39, 0.29) is 11.9 Å². The van der Waals surface area contributed by atoms with Gasteiger partial charge in [0.25, 0.3) is 5.89 Å². The molecule has 162 valence electrons. The van der Waals surface area contributed by atoms with Crippen LogP contribution in [0.4, 0.5) is 0 Å². The molecule has 0 radical (unpaired) electrons. The van der Waals surface area contributed by atoms with Gasteiger partial charge in [-0.2, -0.15) is 4.98 Å². The molecule has 0 bridgehead atoms. The Bertz CT molecular complexity index is 1220. The molecule has 32 heavy (non-hydrogen) atoms. The van der Waals surface area contributed by atoms with E-state index in [2.05, 4.69) is 20.5 Å². The second-order valence-electron chi connectivity index (χ2n) is 7.82. The standard InChI is InChI=1S/C23H21ClN6O2/c24-18-9-4-6-16(12-18)13-21(31)29-11-5-10-19(14-29)30-15-20(26-28-30)23-25-22(27-32-23)17-7-2-1-3-8-17/h1-4,6-9,12,15,19H,5,10-11,13-14H2. The first-order chi connectivity index (χ1) is 15.7. The molecule has 1 fully saturated rings. The number of hydrogen-bond donors (Lipinski definition) is 0. The van der Waals surface area contributed by atoms with Crippen molar-refractivity contribution in [1.29, 1.82) is 0 Å². The first-order valence-corrected chi connectivity index (χ1v) is 10.9. The summed E-state index contributed by atoms with van der Waals surface area (Å²) in [6.07, 6.45) is 3.96. The normalized spacial score (nSPS) is 16.3. The number of likely N-dealkylation sites (tertiary alicyclic amines) is 1. The van der Waals surface area contributed by atoms with Crippen LogP contribution in [0.1, 0.15) is 24.4 Å². The van der Waals surface area contributed by atoms with Crippen LogP contribution in [0.15, 0.2) is 65.3 Å². The molecule has 8 nitrogen and oxygen atoms in total. The highest BCUT2D eigenvalue weighted by atomic mass is 35.5. The van der Waals surface area contributed by atoms with Gasteiger partial charge < -0.3 is 9.42 Å². The van der Waals surface area contributed by atoms with Gasteiger partial charge in [-0.3, -0.25) is 4.79 Å². The van der Waals surface area contributed by atoms with Crippen LogP contribution < -0.4 is 0 Å². The minimum atomic E-state index is 0.0461. The molecule has 0 aliphatic carbocycles. The average Bonchev–Trinajstić information content (AvgIpc) is 3.50. The predicted molar refractivity (Wildman–Crippen MR) is 119 cm³/mol.